The molecule has 4 aromatic rings. The lowest BCUT2D eigenvalue weighted by atomic mass is 10.0. The molecule has 0 radical (unpaired) electrons. The minimum Gasteiger partial charge on any atom is -0.352 e. The summed E-state index contributed by atoms with van der Waals surface area (Å²) in [5.41, 5.74) is 3.47. The first-order chi connectivity index (χ1) is 16.5. The molecule has 2 aliphatic rings. The highest BCUT2D eigenvalue weighted by Crippen LogP contribution is 2.28. The number of nitrogens with zero attached hydrogens (tertiary/aromatic N) is 3. The zero-order chi connectivity index (χ0) is 23.7. The number of hydrogen-bond acceptors (Lipinski definition) is 6. The van der Waals surface area contributed by atoms with Crippen molar-refractivity contribution in [1.82, 2.24) is 20.3 Å². The van der Waals surface area contributed by atoms with Gasteiger partial charge in [0.1, 0.15) is 11.6 Å². The molecule has 2 aromatic heterocycles. The molecule has 0 saturated carbocycles. The first-order valence-electron chi connectivity index (χ1n) is 10.7. The van der Waals surface area contributed by atoms with E-state index in [2.05, 4.69) is 30.9 Å². The number of pyridine rings is 1. The number of aromatic nitrogens is 3. The molecule has 3 N–H and O–H groups in total. The van der Waals surface area contributed by atoms with E-state index in [-0.39, 0.29) is 17.2 Å². The summed E-state index contributed by atoms with van der Waals surface area (Å²) in [6.07, 6.45) is 3.49. The van der Waals surface area contributed by atoms with Crippen molar-refractivity contribution in [2.45, 2.75) is 13.3 Å². The number of halogens is 2. The van der Waals surface area contributed by atoms with E-state index in [0.717, 1.165) is 16.8 Å². The van der Waals surface area contributed by atoms with Crippen LogP contribution in [0.5, 0.6) is 0 Å². The Kier molecular flexibility index (Phi) is 5.59. The van der Waals surface area contributed by atoms with E-state index in [0.29, 0.717) is 29.9 Å². The molecule has 8 bridgehead atoms. The summed E-state index contributed by atoms with van der Waals surface area (Å²) < 4.78 is 29.2. The number of hydrogen-bond donors (Lipinski definition) is 3. The lowest BCUT2D eigenvalue weighted by Gasteiger charge is -2.12. The zero-order valence-corrected chi connectivity index (χ0v) is 18.2. The first kappa shape index (κ1) is 21.4. The first-order valence-corrected chi connectivity index (χ1v) is 10.7. The van der Waals surface area contributed by atoms with Gasteiger partial charge in [0.05, 0.1) is 11.3 Å². The number of benzene rings is 2. The van der Waals surface area contributed by atoms with Gasteiger partial charge in [-0.1, -0.05) is 18.2 Å². The van der Waals surface area contributed by atoms with Crippen LogP contribution in [-0.2, 0) is 6.42 Å². The van der Waals surface area contributed by atoms with Crippen molar-refractivity contribution in [3.05, 3.63) is 89.4 Å². The molecule has 0 spiro atoms. The van der Waals surface area contributed by atoms with Crippen molar-refractivity contribution in [2.75, 3.05) is 17.2 Å². The largest absolute Gasteiger partial charge is 0.352 e. The average Bonchev–Trinajstić information content (AvgIpc) is 2.82. The maximum Gasteiger partial charge on any atom is 0.254 e. The third-order valence-corrected chi connectivity index (χ3v) is 5.49. The summed E-state index contributed by atoms with van der Waals surface area (Å²) in [7, 11) is 0. The van der Waals surface area contributed by atoms with E-state index in [1.165, 1.54) is 24.4 Å². The van der Waals surface area contributed by atoms with Crippen LogP contribution in [0.1, 0.15) is 21.5 Å². The van der Waals surface area contributed by atoms with Crippen molar-refractivity contribution in [2.24, 2.45) is 0 Å². The van der Waals surface area contributed by atoms with Crippen molar-refractivity contribution in [1.29, 1.82) is 0 Å². The van der Waals surface area contributed by atoms with Crippen LogP contribution < -0.4 is 16.0 Å². The van der Waals surface area contributed by atoms with E-state index >= 15 is 0 Å². The fourth-order valence-electron chi connectivity index (χ4n) is 3.68. The number of anilines is 4. The molecule has 6 rings (SSSR count). The van der Waals surface area contributed by atoms with Gasteiger partial charge in [0.25, 0.3) is 5.91 Å². The summed E-state index contributed by atoms with van der Waals surface area (Å²) in [6.45, 7) is 2.21. The molecular weight excluding hydrogens is 438 g/mol. The highest BCUT2D eigenvalue weighted by atomic mass is 19.1. The van der Waals surface area contributed by atoms with E-state index in [1.54, 1.807) is 12.3 Å². The second-order valence-corrected chi connectivity index (χ2v) is 7.94. The summed E-state index contributed by atoms with van der Waals surface area (Å²) in [5, 5.41) is 8.88. The lowest BCUT2D eigenvalue weighted by molar-refractivity contribution is 0.0950. The van der Waals surface area contributed by atoms with E-state index in [9.17, 15) is 13.6 Å². The van der Waals surface area contributed by atoms with Crippen LogP contribution in [0.2, 0.25) is 0 Å². The Morgan fingerprint density at radius 2 is 1.82 bits per heavy atom. The van der Waals surface area contributed by atoms with Gasteiger partial charge in [0.15, 0.2) is 0 Å². The van der Waals surface area contributed by atoms with Gasteiger partial charge in [-0.2, -0.15) is 9.37 Å². The minimum absolute atomic E-state index is 0.0365. The molecule has 0 aliphatic carbocycles. The number of carbonyl (C=O) groups excluding carboxylic acids is 1. The van der Waals surface area contributed by atoms with Gasteiger partial charge in [-0.15, -0.1) is 0 Å². The molecule has 1 amide bonds. The summed E-state index contributed by atoms with van der Waals surface area (Å²) >= 11 is 0. The van der Waals surface area contributed by atoms with Crippen molar-refractivity contribution >= 4 is 29.0 Å². The number of fused-ring (bicyclic) bond motifs is 5. The zero-order valence-electron chi connectivity index (χ0n) is 18.2. The van der Waals surface area contributed by atoms with Gasteiger partial charge in [0.2, 0.25) is 11.9 Å². The maximum absolute atomic E-state index is 14.8. The predicted molar refractivity (Wildman–Crippen MR) is 125 cm³/mol. The summed E-state index contributed by atoms with van der Waals surface area (Å²) in [5.74, 6) is -1.20. The van der Waals surface area contributed by atoms with Gasteiger partial charge < -0.3 is 16.0 Å². The molecule has 0 unspecified atom stereocenters. The Hall–Kier alpha value is -4.40. The predicted octanol–water partition coefficient (Wildman–Crippen LogP) is 4.90. The van der Waals surface area contributed by atoms with Crippen molar-refractivity contribution in [3.63, 3.8) is 0 Å². The van der Waals surface area contributed by atoms with Gasteiger partial charge >= 0.3 is 0 Å². The summed E-state index contributed by atoms with van der Waals surface area (Å²) in [6, 6.07) is 13.4. The summed E-state index contributed by atoms with van der Waals surface area (Å²) in [4.78, 5) is 25.0. The van der Waals surface area contributed by atoms with E-state index in [1.807, 2.05) is 31.2 Å². The van der Waals surface area contributed by atoms with Crippen LogP contribution in [0.15, 0.2) is 60.9 Å². The third kappa shape index (κ3) is 4.40. The quantitative estimate of drug-likeness (QED) is 0.325. The smallest absolute Gasteiger partial charge is 0.254 e. The molecule has 7 nitrogen and oxygen atoms in total. The van der Waals surface area contributed by atoms with Crippen LogP contribution in [0, 0.1) is 18.7 Å². The molecule has 170 valence electrons. The van der Waals surface area contributed by atoms with Crippen LogP contribution in [0.4, 0.5) is 31.9 Å². The van der Waals surface area contributed by atoms with Crippen molar-refractivity contribution in [3.8, 4) is 11.1 Å². The van der Waals surface area contributed by atoms with E-state index in [4.69, 9.17) is 0 Å². The number of carbonyl (C=O) groups is 1. The van der Waals surface area contributed by atoms with E-state index < -0.39 is 17.7 Å². The number of rotatable bonds is 0. The molecule has 2 aromatic carbocycles. The SMILES string of the molecule is Cc1cnc2nc1Nc1cccc(c1)CCNC(=O)c1ccc(cc1F)-c1cnc(F)c(c1)N2. The highest BCUT2D eigenvalue weighted by molar-refractivity contribution is 5.95. The van der Waals surface area contributed by atoms with Crippen LogP contribution in [0.25, 0.3) is 11.1 Å². The van der Waals surface area contributed by atoms with Crippen LogP contribution in [-0.4, -0.2) is 27.4 Å². The normalized spacial score (nSPS) is 13.1. The lowest BCUT2D eigenvalue weighted by Crippen LogP contribution is -2.26. The Morgan fingerprint density at radius 3 is 2.68 bits per heavy atom. The van der Waals surface area contributed by atoms with Gasteiger partial charge in [-0.25, -0.2) is 14.4 Å². The molecule has 2 aliphatic heterocycles. The maximum atomic E-state index is 14.8. The number of amides is 1. The third-order valence-electron chi connectivity index (χ3n) is 5.49. The topological polar surface area (TPSA) is 91.8 Å². The molecule has 0 fully saturated rings. The van der Waals surface area contributed by atoms with Gasteiger partial charge in [-0.05, 0) is 54.8 Å². The second kappa shape index (κ2) is 8.86. The van der Waals surface area contributed by atoms with Gasteiger partial charge in [-0.3, -0.25) is 4.79 Å². The molecule has 34 heavy (non-hydrogen) atoms. The Labute approximate surface area is 194 Å². The van der Waals surface area contributed by atoms with Gasteiger partial charge in [0, 0.05) is 35.8 Å². The Balaban J connectivity index is 1.60. The Morgan fingerprint density at radius 1 is 0.941 bits per heavy atom. The standard InChI is InChI=1S/C25H20F2N6O/c1-14-12-30-25-32-21-11-17(13-29-22(21)27)16-5-6-19(20(26)10-16)24(34)28-8-7-15-3-2-4-18(9-15)31-23(14)33-25/h2-6,9-13H,7-8H2,1H3,(H,28,34)(H2,30,31,32,33). The average molecular weight is 458 g/mol. The molecule has 9 heteroatoms. The monoisotopic (exact) mass is 458 g/mol. The van der Waals surface area contributed by atoms with Crippen LogP contribution in [0.3, 0.4) is 0 Å². The molecular formula is C25H20F2N6O. The molecule has 4 heterocycles. The second-order valence-electron chi connectivity index (χ2n) is 7.94. The van der Waals surface area contributed by atoms with Crippen LogP contribution >= 0.6 is 0 Å². The van der Waals surface area contributed by atoms with Crippen molar-refractivity contribution < 1.29 is 13.6 Å². The fraction of sp³-hybridized carbons (Fsp3) is 0.120. The molecule has 0 atom stereocenters. The fourth-order valence-corrected chi connectivity index (χ4v) is 3.68. The number of nitrogens with one attached hydrogen (secondary N) is 3. The molecule has 0 saturated heterocycles. The highest BCUT2D eigenvalue weighted by Gasteiger charge is 2.15. The number of aryl methyl sites for hydroxylation is 1. The Bertz CT molecular complexity index is 1410. The minimum atomic E-state index is -0.752.